The lowest BCUT2D eigenvalue weighted by molar-refractivity contribution is -0.279. The Morgan fingerprint density at radius 3 is 2.16 bits per heavy atom. The number of phenolic OH excluding ortho intramolecular Hbond substituents is 4. The van der Waals surface area contributed by atoms with Crippen LogP contribution in [0.4, 0.5) is 0 Å². The monoisotopic (exact) mass is 786 g/mol. The molecule has 6 rings (SSSR count). The third kappa shape index (κ3) is 7.80. The molecule has 10 atom stereocenters. The summed E-state index contributed by atoms with van der Waals surface area (Å²) in [5.74, 6) is -3.60. The van der Waals surface area contributed by atoms with Crippen LogP contribution in [0.5, 0.6) is 34.5 Å². The van der Waals surface area contributed by atoms with Crippen LogP contribution in [-0.2, 0) is 19.0 Å². The van der Waals surface area contributed by atoms with Gasteiger partial charge < -0.3 is 84.3 Å². The summed E-state index contributed by atoms with van der Waals surface area (Å²) in [6.07, 6.45) is -16.2. The first-order valence-electron chi connectivity index (χ1n) is 16.9. The first-order valence-corrected chi connectivity index (χ1v) is 16.9. The van der Waals surface area contributed by atoms with E-state index in [2.05, 4.69) is 0 Å². The summed E-state index contributed by atoms with van der Waals surface area (Å²) in [6.45, 7) is -1.57. The molecule has 0 saturated carbocycles. The fourth-order valence-electron chi connectivity index (χ4n) is 6.28. The molecule has 4 aromatic rings. The summed E-state index contributed by atoms with van der Waals surface area (Å²) in [5.41, 5.74) is -1.27. The van der Waals surface area contributed by atoms with Crippen LogP contribution in [0, 0.1) is 0 Å². The number of esters is 1. The number of aliphatic hydroxyl groups excluding tert-OH is 7. The number of ether oxygens (including phenoxy) is 5. The smallest absolute Gasteiger partial charge is 0.330 e. The minimum atomic E-state index is -2.04. The second-order valence-corrected chi connectivity index (χ2v) is 13.0. The van der Waals surface area contributed by atoms with Gasteiger partial charge in [0.25, 0.3) is 0 Å². The van der Waals surface area contributed by atoms with Crippen LogP contribution in [0.25, 0.3) is 28.4 Å². The van der Waals surface area contributed by atoms with E-state index in [0.29, 0.717) is 5.56 Å². The van der Waals surface area contributed by atoms with Crippen LogP contribution in [0.1, 0.15) is 17.2 Å². The molecule has 0 spiro atoms. The minimum Gasteiger partial charge on any atom is -0.506 e. The SMILES string of the molecule is COc1cc(/C=C/C(=O)OC[C@H]2OC(Oc3cc4oc(-c5ccc(O)c(O)c5)cc(=O)c4c(O)c3[C@@H]3O[C@H](CO)[C@@H](O)[C@H](O)[C@H]3O)[C@H](O)[C@@H](O)[C@@H]2O)ccc1O. The van der Waals surface area contributed by atoms with E-state index in [1.54, 1.807) is 0 Å². The van der Waals surface area contributed by atoms with Crippen molar-refractivity contribution >= 4 is 23.0 Å². The standard InChI is InChI=1S/C37H38O19/c1-51-21-8-14(2-5-17(21)40)3-7-26(43)52-13-25-30(45)33(48)35(50)37(56-25)55-23-11-22-27(19(42)10-20(53-22)15-4-6-16(39)18(41)9-15)31(46)28(23)36-34(49)32(47)29(44)24(12-38)54-36/h2-11,24-25,29-30,32-41,44-50H,12-13H2,1H3/b7-3+/t24-,25-,29-,30-,32+,33+,34-,35-,36+,37?/m1/s1. The lowest BCUT2D eigenvalue weighted by Crippen LogP contribution is -2.60. The topological polar surface area (TPSA) is 316 Å². The average Bonchev–Trinajstić information content (AvgIpc) is 3.17. The predicted octanol–water partition coefficient (Wildman–Crippen LogP) is -0.751. The molecule has 2 saturated heterocycles. The highest BCUT2D eigenvalue weighted by atomic mass is 16.7. The molecule has 300 valence electrons. The van der Waals surface area contributed by atoms with Crippen LogP contribution in [0.2, 0.25) is 0 Å². The van der Waals surface area contributed by atoms with Crippen molar-refractivity contribution in [3.63, 3.8) is 0 Å². The molecule has 3 aromatic carbocycles. The van der Waals surface area contributed by atoms with Gasteiger partial charge in [0.2, 0.25) is 6.29 Å². The van der Waals surface area contributed by atoms with Gasteiger partial charge in [-0.05, 0) is 42.0 Å². The second kappa shape index (κ2) is 16.3. The molecule has 0 radical (unpaired) electrons. The zero-order chi connectivity index (χ0) is 40.6. The molecule has 1 aromatic heterocycles. The molecule has 0 aliphatic carbocycles. The van der Waals surface area contributed by atoms with Crippen LogP contribution >= 0.6 is 0 Å². The molecule has 3 heterocycles. The summed E-state index contributed by atoms with van der Waals surface area (Å²) in [4.78, 5) is 26.0. The van der Waals surface area contributed by atoms with Gasteiger partial charge in [-0.25, -0.2) is 4.79 Å². The highest BCUT2D eigenvalue weighted by Gasteiger charge is 2.49. The van der Waals surface area contributed by atoms with Gasteiger partial charge in [-0.3, -0.25) is 4.79 Å². The molecule has 56 heavy (non-hydrogen) atoms. The summed E-state index contributed by atoms with van der Waals surface area (Å²) in [6, 6.07) is 9.75. The normalized spacial score (nSPS) is 28.0. The van der Waals surface area contributed by atoms with Gasteiger partial charge in [0, 0.05) is 23.8 Å². The Morgan fingerprint density at radius 1 is 0.768 bits per heavy atom. The third-order valence-corrected chi connectivity index (χ3v) is 9.35. The lowest BCUT2D eigenvalue weighted by atomic mass is 9.89. The van der Waals surface area contributed by atoms with E-state index < -0.39 is 125 Å². The quantitative estimate of drug-likeness (QED) is 0.0535. The molecule has 0 amide bonds. The predicted molar refractivity (Wildman–Crippen MR) is 188 cm³/mol. The number of carbonyl (C=O) groups excluding carboxylic acids is 1. The second-order valence-electron chi connectivity index (χ2n) is 13.0. The van der Waals surface area contributed by atoms with Crippen LogP contribution < -0.4 is 14.9 Å². The molecule has 2 aliphatic rings. The van der Waals surface area contributed by atoms with Gasteiger partial charge >= 0.3 is 5.97 Å². The molecule has 19 nitrogen and oxygen atoms in total. The van der Waals surface area contributed by atoms with E-state index in [1.807, 2.05) is 0 Å². The molecule has 11 N–H and O–H groups in total. The summed E-state index contributed by atoms with van der Waals surface area (Å²) in [7, 11) is 1.34. The van der Waals surface area contributed by atoms with Crippen molar-refractivity contribution in [3.05, 3.63) is 76.0 Å². The van der Waals surface area contributed by atoms with Gasteiger partial charge in [0.1, 0.15) is 89.8 Å². The van der Waals surface area contributed by atoms with Crippen molar-refractivity contribution in [2.24, 2.45) is 0 Å². The lowest BCUT2D eigenvalue weighted by Gasteiger charge is -2.42. The number of hydrogen-bond acceptors (Lipinski definition) is 19. The van der Waals surface area contributed by atoms with E-state index in [-0.39, 0.29) is 22.8 Å². The van der Waals surface area contributed by atoms with Gasteiger partial charge in [0.15, 0.2) is 28.4 Å². The van der Waals surface area contributed by atoms with Crippen LogP contribution in [0.15, 0.2) is 63.8 Å². The Morgan fingerprint density at radius 2 is 1.46 bits per heavy atom. The number of carbonyl (C=O) groups is 1. The number of hydrogen-bond donors (Lipinski definition) is 11. The molecule has 2 fully saturated rings. The first kappa shape index (κ1) is 40.2. The van der Waals surface area contributed by atoms with E-state index in [4.69, 9.17) is 28.1 Å². The summed E-state index contributed by atoms with van der Waals surface area (Å²) in [5, 5.41) is 115. The van der Waals surface area contributed by atoms with Gasteiger partial charge in [-0.1, -0.05) is 6.07 Å². The van der Waals surface area contributed by atoms with Crippen molar-refractivity contribution < 1.29 is 89.1 Å². The maximum atomic E-state index is 13.5. The highest BCUT2D eigenvalue weighted by molar-refractivity contribution is 5.89. The Balaban J connectivity index is 1.34. The Hall–Kier alpha value is -5.48. The minimum absolute atomic E-state index is 0.109. The van der Waals surface area contributed by atoms with Crippen molar-refractivity contribution in [2.75, 3.05) is 20.3 Å². The summed E-state index contributed by atoms with van der Waals surface area (Å²) < 4.78 is 33.3. The maximum Gasteiger partial charge on any atom is 0.330 e. The van der Waals surface area contributed by atoms with Crippen molar-refractivity contribution in [1.29, 1.82) is 0 Å². The van der Waals surface area contributed by atoms with Gasteiger partial charge in [-0.2, -0.15) is 0 Å². The molecular weight excluding hydrogens is 748 g/mol. The molecule has 0 bridgehead atoms. The zero-order valence-electron chi connectivity index (χ0n) is 29.1. The Bertz CT molecular complexity index is 2160. The maximum absolute atomic E-state index is 13.5. The van der Waals surface area contributed by atoms with Gasteiger partial charge in [-0.15, -0.1) is 0 Å². The number of fused-ring (bicyclic) bond motifs is 1. The zero-order valence-corrected chi connectivity index (χ0v) is 29.1. The third-order valence-electron chi connectivity index (χ3n) is 9.35. The summed E-state index contributed by atoms with van der Waals surface area (Å²) >= 11 is 0. The van der Waals surface area contributed by atoms with Crippen molar-refractivity contribution in [1.82, 2.24) is 0 Å². The number of benzene rings is 3. The fourth-order valence-corrected chi connectivity index (χ4v) is 6.28. The van der Waals surface area contributed by atoms with Crippen LogP contribution in [0.3, 0.4) is 0 Å². The van der Waals surface area contributed by atoms with Gasteiger partial charge in [0.05, 0.1) is 19.3 Å². The number of phenols is 4. The van der Waals surface area contributed by atoms with E-state index in [9.17, 15) is 65.8 Å². The molecular formula is C37H38O19. The van der Waals surface area contributed by atoms with E-state index in [1.165, 1.54) is 37.5 Å². The highest BCUT2D eigenvalue weighted by Crippen LogP contribution is 2.46. The van der Waals surface area contributed by atoms with Crippen LogP contribution in [-0.4, -0.2) is 138 Å². The molecule has 1 unspecified atom stereocenters. The van der Waals surface area contributed by atoms with Crippen molar-refractivity contribution in [2.45, 2.75) is 61.2 Å². The molecule has 19 heteroatoms. The van der Waals surface area contributed by atoms with E-state index >= 15 is 0 Å². The Labute approximate surface area is 315 Å². The number of aliphatic hydroxyl groups is 7. The number of rotatable bonds is 10. The van der Waals surface area contributed by atoms with E-state index in [0.717, 1.165) is 30.3 Å². The molecule has 2 aliphatic heterocycles. The number of methoxy groups -OCH3 is 1. The largest absolute Gasteiger partial charge is 0.506 e. The fraction of sp³-hybridized carbons (Fsp3) is 0.351. The Kier molecular flexibility index (Phi) is 11.7. The average molecular weight is 787 g/mol. The van der Waals surface area contributed by atoms with Crippen molar-refractivity contribution in [3.8, 4) is 45.8 Å². The first-order chi connectivity index (χ1) is 26.6. The number of aromatic hydroxyl groups is 4.